The van der Waals surface area contributed by atoms with Crippen LogP contribution in [0, 0.1) is 0 Å². The second-order valence-electron chi connectivity index (χ2n) is 5.46. The third kappa shape index (κ3) is 4.23. The number of rotatable bonds is 6. The molecule has 2 heterocycles. The van der Waals surface area contributed by atoms with Crippen LogP contribution in [0.3, 0.4) is 0 Å². The zero-order chi connectivity index (χ0) is 18.4. The molecule has 0 saturated heterocycles. The van der Waals surface area contributed by atoms with Crippen molar-refractivity contribution >= 4 is 11.8 Å². The van der Waals surface area contributed by atoms with Gasteiger partial charge in [-0.3, -0.25) is 14.4 Å². The number of carbonyl (C=O) groups is 2. The van der Waals surface area contributed by atoms with E-state index in [0.717, 1.165) is 5.69 Å². The third-order valence-electron chi connectivity index (χ3n) is 3.64. The smallest absolute Gasteiger partial charge is 0.271 e. The van der Waals surface area contributed by atoms with Crippen LogP contribution < -0.4 is 16.2 Å². The van der Waals surface area contributed by atoms with Gasteiger partial charge < -0.3 is 15.2 Å². The standard InChI is InChI=1S/C18H17N5O3/c24-16-8-7-15(21-22-16)18(26)20-10-9-19-17(25)13-3-5-14(6-4-13)23-11-1-2-12-23/h1-8,11-12H,9-10H2,(H,19,25)(H,20,26)(H,22,24). The summed E-state index contributed by atoms with van der Waals surface area (Å²) in [6.07, 6.45) is 3.85. The third-order valence-corrected chi connectivity index (χ3v) is 3.64. The fourth-order valence-electron chi connectivity index (χ4n) is 2.31. The lowest BCUT2D eigenvalue weighted by Crippen LogP contribution is -2.35. The van der Waals surface area contributed by atoms with Gasteiger partial charge >= 0.3 is 0 Å². The van der Waals surface area contributed by atoms with Crippen LogP contribution in [0.15, 0.2) is 65.7 Å². The second kappa shape index (κ2) is 7.93. The van der Waals surface area contributed by atoms with Crippen LogP contribution in [0.4, 0.5) is 0 Å². The predicted molar refractivity (Wildman–Crippen MR) is 95.3 cm³/mol. The van der Waals surface area contributed by atoms with Crippen LogP contribution in [-0.2, 0) is 0 Å². The molecule has 0 fully saturated rings. The molecular weight excluding hydrogens is 334 g/mol. The Morgan fingerprint density at radius 2 is 1.58 bits per heavy atom. The van der Waals surface area contributed by atoms with Crippen molar-refractivity contribution in [2.75, 3.05) is 13.1 Å². The van der Waals surface area contributed by atoms with Crippen molar-refractivity contribution in [1.29, 1.82) is 0 Å². The maximum atomic E-state index is 12.1. The van der Waals surface area contributed by atoms with Crippen LogP contribution in [0.1, 0.15) is 20.8 Å². The lowest BCUT2D eigenvalue weighted by Gasteiger charge is -2.08. The molecule has 26 heavy (non-hydrogen) atoms. The zero-order valence-electron chi connectivity index (χ0n) is 13.8. The highest BCUT2D eigenvalue weighted by Gasteiger charge is 2.08. The van der Waals surface area contributed by atoms with Gasteiger partial charge in [0, 0.05) is 42.8 Å². The highest BCUT2D eigenvalue weighted by molar-refractivity contribution is 5.94. The molecule has 2 aromatic heterocycles. The van der Waals surface area contributed by atoms with Crippen molar-refractivity contribution in [2.24, 2.45) is 0 Å². The van der Waals surface area contributed by atoms with Gasteiger partial charge in [0.15, 0.2) is 0 Å². The van der Waals surface area contributed by atoms with E-state index < -0.39 is 5.91 Å². The molecule has 0 atom stereocenters. The Hall–Kier alpha value is -3.68. The largest absolute Gasteiger partial charge is 0.350 e. The average molecular weight is 351 g/mol. The molecule has 2 amide bonds. The van der Waals surface area contributed by atoms with Gasteiger partial charge in [0.1, 0.15) is 5.69 Å². The van der Waals surface area contributed by atoms with Crippen LogP contribution in [0.25, 0.3) is 5.69 Å². The number of nitrogens with zero attached hydrogens (tertiary/aromatic N) is 2. The number of aromatic amines is 1. The molecule has 0 aliphatic carbocycles. The fraction of sp³-hybridized carbons (Fsp3) is 0.111. The molecule has 0 radical (unpaired) electrons. The van der Waals surface area contributed by atoms with Gasteiger partial charge in [0.05, 0.1) is 0 Å². The number of aromatic nitrogens is 3. The van der Waals surface area contributed by atoms with Crippen LogP contribution in [-0.4, -0.2) is 39.7 Å². The van der Waals surface area contributed by atoms with E-state index >= 15 is 0 Å². The Kier molecular flexibility index (Phi) is 5.23. The quantitative estimate of drug-likeness (QED) is 0.569. The summed E-state index contributed by atoms with van der Waals surface area (Å²) >= 11 is 0. The van der Waals surface area contributed by atoms with E-state index in [1.165, 1.54) is 12.1 Å². The number of amides is 2. The minimum Gasteiger partial charge on any atom is -0.350 e. The lowest BCUT2D eigenvalue weighted by atomic mass is 10.2. The summed E-state index contributed by atoms with van der Waals surface area (Å²) in [6, 6.07) is 13.6. The van der Waals surface area contributed by atoms with Crippen molar-refractivity contribution in [3.05, 3.63) is 82.5 Å². The van der Waals surface area contributed by atoms with E-state index in [1.807, 2.05) is 41.2 Å². The summed E-state index contributed by atoms with van der Waals surface area (Å²) in [6.45, 7) is 0.514. The Labute approximate surface area is 148 Å². The molecule has 0 spiro atoms. The Balaban J connectivity index is 1.46. The van der Waals surface area contributed by atoms with Gasteiger partial charge in [-0.1, -0.05) is 0 Å². The number of benzene rings is 1. The minimum atomic E-state index is -0.424. The van der Waals surface area contributed by atoms with Gasteiger partial charge in [-0.25, -0.2) is 5.10 Å². The first-order chi connectivity index (χ1) is 12.6. The van der Waals surface area contributed by atoms with E-state index in [2.05, 4.69) is 20.8 Å². The van der Waals surface area contributed by atoms with Crippen molar-refractivity contribution in [1.82, 2.24) is 25.4 Å². The Bertz CT molecular complexity index is 925. The molecule has 1 aromatic carbocycles. The van der Waals surface area contributed by atoms with Crippen LogP contribution in [0.2, 0.25) is 0 Å². The van der Waals surface area contributed by atoms with Gasteiger partial charge in [-0.05, 0) is 42.5 Å². The molecule has 3 N–H and O–H groups in total. The van der Waals surface area contributed by atoms with Crippen molar-refractivity contribution in [3.8, 4) is 5.69 Å². The maximum Gasteiger partial charge on any atom is 0.271 e. The highest BCUT2D eigenvalue weighted by Crippen LogP contribution is 2.09. The van der Waals surface area contributed by atoms with Gasteiger partial charge in [0.25, 0.3) is 17.4 Å². The van der Waals surface area contributed by atoms with E-state index in [0.29, 0.717) is 5.56 Å². The van der Waals surface area contributed by atoms with Gasteiger partial charge in [0.2, 0.25) is 0 Å². The summed E-state index contributed by atoms with van der Waals surface area (Å²) in [5.74, 6) is -0.646. The topological polar surface area (TPSA) is 109 Å². The number of hydrogen-bond donors (Lipinski definition) is 3. The summed E-state index contributed by atoms with van der Waals surface area (Å²) in [7, 11) is 0. The maximum absolute atomic E-state index is 12.1. The first-order valence-electron chi connectivity index (χ1n) is 7.99. The normalized spacial score (nSPS) is 10.3. The Morgan fingerprint density at radius 1 is 0.923 bits per heavy atom. The average Bonchev–Trinajstić information content (AvgIpc) is 3.20. The fourth-order valence-corrected chi connectivity index (χ4v) is 2.31. The summed E-state index contributed by atoms with van der Waals surface area (Å²) in [5, 5.41) is 11.2. The Morgan fingerprint density at radius 3 is 2.19 bits per heavy atom. The number of nitrogens with one attached hydrogen (secondary N) is 3. The molecule has 3 aromatic rings. The summed E-state index contributed by atoms with van der Waals surface area (Å²) in [5.41, 5.74) is 1.23. The molecule has 8 nitrogen and oxygen atoms in total. The first kappa shape index (κ1) is 17.2. The highest BCUT2D eigenvalue weighted by atomic mass is 16.2. The van der Waals surface area contributed by atoms with Crippen LogP contribution >= 0.6 is 0 Å². The summed E-state index contributed by atoms with van der Waals surface area (Å²) < 4.78 is 1.95. The number of carbonyl (C=O) groups excluding carboxylic acids is 2. The SMILES string of the molecule is O=C(NCCNC(=O)c1ccc(=O)[nH]n1)c1ccc(-n2cccc2)cc1. The molecule has 8 heteroatoms. The predicted octanol–water partition coefficient (Wildman–Crippen LogP) is 0.720. The molecule has 0 saturated carbocycles. The molecular formula is C18H17N5O3. The van der Waals surface area contributed by atoms with E-state index in [9.17, 15) is 14.4 Å². The molecule has 3 rings (SSSR count). The van der Waals surface area contributed by atoms with Crippen LogP contribution in [0.5, 0.6) is 0 Å². The first-order valence-corrected chi connectivity index (χ1v) is 7.99. The molecule has 0 aliphatic rings. The molecule has 0 bridgehead atoms. The molecule has 0 unspecified atom stereocenters. The van der Waals surface area contributed by atoms with E-state index in [4.69, 9.17) is 0 Å². The van der Waals surface area contributed by atoms with Crippen molar-refractivity contribution in [3.63, 3.8) is 0 Å². The molecule has 132 valence electrons. The van der Waals surface area contributed by atoms with Crippen molar-refractivity contribution < 1.29 is 9.59 Å². The minimum absolute atomic E-state index is 0.108. The van der Waals surface area contributed by atoms with E-state index in [1.54, 1.807) is 12.1 Å². The number of H-pyrrole nitrogens is 1. The monoisotopic (exact) mass is 351 g/mol. The molecule has 0 aliphatic heterocycles. The summed E-state index contributed by atoms with van der Waals surface area (Å²) in [4.78, 5) is 34.8. The van der Waals surface area contributed by atoms with Crippen molar-refractivity contribution in [2.45, 2.75) is 0 Å². The van der Waals surface area contributed by atoms with Gasteiger partial charge in [-0.15, -0.1) is 0 Å². The number of hydrogen-bond acceptors (Lipinski definition) is 4. The second-order valence-corrected chi connectivity index (χ2v) is 5.46. The van der Waals surface area contributed by atoms with E-state index in [-0.39, 0.29) is 30.2 Å². The lowest BCUT2D eigenvalue weighted by molar-refractivity contribution is 0.0924. The zero-order valence-corrected chi connectivity index (χ0v) is 13.8. The van der Waals surface area contributed by atoms with Gasteiger partial charge in [-0.2, -0.15) is 5.10 Å².